The smallest absolute Gasteiger partial charge is 0.234 e. The van der Waals surface area contributed by atoms with Gasteiger partial charge in [-0.05, 0) is 73.2 Å². The first-order valence-electron chi connectivity index (χ1n) is 11.0. The molecule has 0 atom stereocenters. The summed E-state index contributed by atoms with van der Waals surface area (Å²) in [5.74, 6) is 0.241. The number of hydrogen-bond donors (Lipinski definition) is 1. The zero-order valence-corrected chi connectivity index (χ0v) is 19.9. The number of benzene rings is 3. The lowest BCUT2D eigenvalue weighted by atomic mass is 10.1. The average Bonchev–Trinajstić information content (AvgIpc) is 3.45. The van der Waals surface area contributed by atoms with Crippen molar-refractivity contribution in [1.29, 1.82) is 0 Å². The number of carbonyl (C=O) groups excluding carboxylic acids is 1. The summed E-state index contributed by atoms with van der Waals surface area (Å²) in [5, 5.41) is 4.52. The van der Waals surface area contributed by atoms with Gasteiger partial charge in [0.25, 0.3) is 0 Å². The highest BCUT2D eigenvalue weighted by Gasteiger charge is 2.17. The number of carbonyl (C=O) groups is 1. The maximum Gasteiger partial charge on any atom is 0.234 e. The number of hydrogen-bond acceptors (Lipinski definition) is 3. The Kier molecular flexibility index (Phi) is 6.25. The molecule has 0 fully saturated rings. The number of nitrogens with zero attached hydrogens (tertiary/aromatic N) is 2. The molecule has 3 aromatic carbocycles. The van der Waals surface area contributed by atoms with Gasteiger partial charge in [0, 0.05) is 16.3 Å². The minimum Gasteiger partial charge on any atom is -0.325 e. The molecule has 1 aliphatic rings. The van der Waals surface area contributed by atoms with E-state index in [2.05, 4.69) is 46.1 Å². The SMILES string of the molecule is Cc1ccccc1-n1c(-c2ccc(Cl)cc2)cnc1SCC(=O)Nc1ccc2c(c1)CCC2. The fourth-order valence-electron chi connectivity index (χ4n) is 4.28. The van der Waals surface area contributed by atoms with Crippen molar-refractivity contribution >= 4 is 35.0 Å². The normalized spacial score (nSPS) is 12.5. The van der Waals surface area contributed by atoms with Crippen LogP contribution in [0.5, 0.6) is 0 Å². The predicted molar refractivity (Wildman–Crippen MR) is 137 cm³/mol. The molecule has 1 amide bonds. The van der Waals surface area contributed by atoms with Crippen molar-refractivity contribution in [1.82, 2.24) is 9.55 Å². The summed E-state index contributed by atoms with van der Waals surface area (Å²) in [5.41, 5.74) is 7.77. The summed E-state index contributed by atoms with van der Waals surface area (Å²) in [6.07, 6.45) is 5.28. The van der Waals surface area contributed by atoms with Gasteiger partial charge in [-0.15, -0.1) is 0 Å². The molecule has 1 heterocycles. The number of anilines is 1. The van der Waals surface area contributed by atoms with Crippen molar-refractivity contribution in [2.75, 3.05) is 11.1 Å². The summed E-state index contributed by atoms with van der Waals surface area (Å²) in [6, 6.07) is 22.2. The summed E-state index contributed by atoms with van der Waals surface area (Å²) < 4.78 is 2.12. The van der Waals surface area contributed by atoms with Crippen molar-refractivity contribution in [3.63, 3.8) is 0 Å². The van der Waals surface area contributed by atoms with Gasteiger partial charge in [0.2, 0.25) is 5.91 Å². The molecular weight excluding hydrogens is 450 g/mol. The third-order valence-electron chi connectivity index (χ3n) is 5.94. The van der Waals surface area contributed by atoms with E-state index in [1.807, 2.05) is 48.7 Å². The summed E-state index contributed by atoms with van der Waals surface area (Å²) in [7, 11) is 0. The second kappa shape index (κ2) is 9.46. The van der Waals surface area contributed by atoms with Gasteiger partial charge in [0.1, 0.15) is 0 Å². The average molecular weight is 474 g/mol. The molecular formula is C27H24ClN3OS. The van der Waals surface area contributed by atoms with Gasteiger partial charge in [-0.3, -0.25) is 9.36 Å². The topological polar surface area (TPSA) is 46.9 Å². The van der Waals surface area contributed by atoms with Crippen molar-refractivity contribution in [2.45, 2.75) is 31.3 Å². The van der Waals surface area contributed by atoms with E-state index in [1.165, 1.54) is 29.3 Å². The van der Waals surface area contributed by atoms with Crippen LogP contribution in [0.15, 0.2) is 78.1 Å². The molecule has 1 aromatic heterocycles. The lowest BCUT2D eigenvalue weighted by Crippen LogP contribution is -2.15. The minimum absolute atomic E-state index is 0.0367. The third kappa shape index (κ3) is 4.70. The molecule has 5 rings (SSSR count). The Labute approximate surface area is 203 Å². The molecule has 0 unspecified atom stereocenters. The fourth-order valence-corrected chi connectivity index (χ4v) is 5.20. The van der Waals surface area contributed by atoms with Gasteiger partial charge in [-0.25, -0.2) is 4.98 Å². The van der Waals surface area contributed by atoms with Gasteiger partial charge < -0.3 is 5.32 Å². The van der Waals surface area contributed by atoms with Gasteiger partial charge >= 0.3 is 0 Å². The van der Waals surface area contributed by atoms with Crippen molar-refractivity contribution in [3.8, 4) is 16.9 Å². The van der Waals surface area contributed by atoms with Gasteiger partial charge in [-0.1, -0.05) is 59.8 Å². The third-order valence-corrected chi connectivity index (χ3v) is 7.15. The molecule has 4 nitrogen and oxygen atoms in total. The van der Waals surface area contributed by atoms with Crippen LogP contribution in [0.25, 0.3) is 16.9 Å². The van der Waals surface area contributed by atoms with Crippen LogP contribution >= 0.6 is 23.4 Å². The number of imidazole rings is 1. The molecule has 0 saturated carbocycles. The quantitative estimate of drug-likeness (QED) is 0.316. The Bertz CT molecular complexity index is 1310. The number of aryl methyl sites for hydroxylation is 3. The summed E-state index contributed by atoms with van der Waals surface area (Å²) >= 11 is 7.53. The van der Waals surface area contributed by atoms with Crippen LogP contribution < -0.4 is 5.32 Å². The Balaban J connectivity index is 1.39. The van der Waals surface area contributed by atoms with E-state index in [0.29, 0.717) is 5.02 Å². The van der Waals surface area contributed by atoms with Crippen LogP contribution in [0.1, 0.15) is 23.1 Å². The Morgan fingerprint density at radius 1 is 1.06 bits per heavy atom. The number of nitrogens with one attached hydrogen (secondary N) is 1. The van der Waals surface area contributed by atoms with Crippen molar-refractivity contribution < 1.29 is 4.79 Å². The van der Waals surface area contributed by atoms with Gasteiger partial charge in [0.15, 0.2) is 5.16 Å². The van der Waals surface area contributed by atoms with Crippen LogP contribution in [-0.2, 0) is 17.6 Å². The number of thioether (sulfide) groups is 1. The zero-order valence-electron chi connectivity index (χ0n) is 18.3. The van der Waals surface area contributed by atoms with Crippen LogP contribution in [0.3, 0.4) is 0 Å². The Morgan fingerprint density at radius 3 is 2.67 bits per heavy atom. The van der Waals surface area contributed by atoms with Crippen LogP contribution in [0.4, 0.5) is 5.69 Å². The number of aromatic nitrogens is 2. The molecule has 1 N–H and O–H groups in total. The largest absolute Gasteiger partial charge is 0.325 e. The van der Waals surface area contributed by atoms with E-state index in [1.54, 1.807) is 0 Å². The van der Waals surface area contributed by atoms with E-state index in [4.69, 9.17) is 11.6 Å². The molecule has 0 aliphatic heterocycles. The molecule has 33 heavy (non-hydrogen) atoms. The summed E-state index contributed by atoms with van der Waals surface area (Å²) in [6.45, 7) is 2.08. The maximum absolute atomic E-state index is 12.7. The number of rotatable bonds is 6. The van der Waals surface area contributed by atoms with E-state index in [9.17, 15) is 4.79 Å². The minimum atomic E-state index is -0.0367. The lowest BCUT2D eigenvalue weighted by Gasteiger charge is -2.14. The second-order valence-electron chi connectivity index (χ2n) is 8.23. The van der Waals surface area contributed by atoms with E-state index in [-0.39, 0.29) is 11.7 Å². The molecule has 0 radical (unpaired) electrons. The van der Waals surface area contributed by atoms with Gasteiger partial charge in [-0.2, -0.15) is 0 Å². The Morgan fingerprint density at radius 2 is 1.85 bits per heavy atom. The number of para-hydroxylation sites is 1. The van der Waals surface area contributed by atoms with Crippen LogP contribution in [0.2, 0.25) is 5.02 Å². The van der Waals surface area contributed by atoms with Crippen molar-refractivity contribution in [3.05, 3.63) is 94.6 Å². The van der Waals surface area contributed by atoms with E-state index >= 15 is 0 Å². The molecule has 166 valence electrons. The van der Waals surface area contributed by atoms with Crippen LogP contribution in [0, 0.1) is 6.92 Å². The molecule has 6 heteroatoms. The number of halogens is 1. The zero-order chi connectivity index (χ0) is 22.8. The molecule has 0 saturated heterocycles. The highest BCUT2D eigenvalue weighted by molar-refractivity contribution is 7.99. The summed E-state index contributed by atoms with van der Waals surface area (Å²) in [4.78, 5) is 17.4. The van der Waals surface area contributed by atoms with Crippen molar-refractivity contribution in [2.24, 2.45) is 0 Å². The highest BCUT2D eigenvalue weighted by Crippen LogP contribution is 2.32. The predicted octanol–water partition coefficient (Wildman–Crippen LogP) is 6.72. The fraction of sp³-hybridized carbons (Fsp3) is 0.185. The van der Waals surface area contributed by atoms with E-state index < -0.39 is 0 Å². The highest BCUT2D eigenvalue weighted by atomic mass is 35.5. The Hall–Kier alpha value is -3.02. The molecule has 1 aliphatic carbocycles. The standard InChI is InChI=1S/C27H24ClN3OS/c1-18-5-2-3-8-24(18)31-25(20-9-12-22(28)13-10-20)16-29-27(31)33-17-26(32)30-23-14-11-19-6-4-7-21(19)15-23/h2-3,5,8-16H,4,6-7,17H2,1H3,(H,30,32). The van der Waals surface area contributed by atoms with Gasteiger partial charge in [0.05, 0.1) is 23.3 Å². The first kappa shape index (κ1) is 21.8. The maximum atomic E-state index is 12.7. The van der Waals surface area contributed by atoms with E-state index in [0.717, 1.165) is 46.2 Å². The van der Waals surface area contributed by atoms with Crippen LogP contribution in [-0.4, -0.2) is 21.2 Å². The number of amides is 1. The monoisotopic (exact) mass is 473 g/mol. The second-order valence-corrected chi connectivity index (χ2v) is 9.61. The molecule has 0 bridgehead atoms. The molecule has 4 aromatic rings. The first-order valence-corrected chi connectivity index (χ1v) is 12.4. The molecule has 0 spiro atoms. The first-order chi connectivity index (χ1) is 16.1. The number of fused-ring (bicyclic) bond motifs is 1. The lowest BCUT2D eigenvalue weighted by molar-refractivity contribution is -0.113.